The molecule has 2 amide bonds. The van der Waals surface area contributed by atoms with Crippen molar-refractivity contribution < 1.29 is 19.1 Å². The predicted octanol–water partition coefficient (Wildman–Crippen LogP) is 5.75. The standard InChI is InChI=1S/C32H44N4O4/c1-22(2)18-25(19-30(37)33-17-11-14-24-12-8-7-9-13-24)36(21-23(3)4)32(38)27-20-26(34-35-27)31-28(39-5)15-10-16-29(31)40-6/h7-10,12-13,15-16,20,22-23,25H,11,14,17-19,21H2,1-6H3,(H,33,37)(H,34,35)/t25-/m0/s1. The molecule has 1 aromatic heterocycles. The van der Waals surface area contributed by atoms with Crippen LogP contribution in [0.4, 0.5) is 0 Å². The summed E-state index contributed by atoms with van der Waals surface area (Å²) in [4.78, 5) is 28.8. The van der Waals surface area contributed by atoms with Gasteiger partial charge in [0.05, 0.1) is 19.8 Å². The maximum atomic E-state index is 13.9. The van der Waals surface area contributed by atoms with Crippen molar-refractivity contribution in [3.63, 3.8) is 0 Å². The number of hydrogen-bond acceptors (Lipinski definition) is 5. The lowest BCUT2D eigenvalue weighted by molar-refractivity contribution is -0.122. The van der Waals surface area contributed by atoms with E-state index in [4.69, 9.17) is 9.47 Å². The number of carbonyl (C=O) groups is 2. The molecule has 0 fully saturated rings. The fourth-order valence-electron chi connectivity index (χ4n) is 4.93. The van der Waals surface area contributed by atoms with Crippen LogP contribution in [-0.2, 0) is 11.2 Å². The first-order valence-corrected chi connectivity index (χ1v) is 14.1. The van der Waals surface area contributed by atoms with Crippen molar-refractivity contribution in [1.82, 2.24) is 20.4 Å². The summed E-state index contributed by atoms with van der Waals surface area (Å²) in [6.07, 6.45) is 2.75. The van der Waals surface area contributed by atoms with Crippen LogP contribution in [-0.4, -0.2) is 60.3 Å². The Balaban J connectivity index is 1.76. The maximum absolute atomic E-state index is 13.9. The summed E-state index contributed by atoms with van der Waals surface area (Å²) in [5, 5.41) is 10.4. The fourth-order valence-corrected chi connectivity index (χ4v) is 4.93. The normalized spacial score (nSPS) is 11.9. The molecule has 0 radical (unpaired) electrons. The number of hydrogen-bond donors (Lipinski definition) is 2. The number of rotatable bonds is 15. The number of nitrogens with one attached hydrogen (secondary N) is 2. The molecule has 0 aliphatic heterocycles. The van der Waals surface area contributed by atoms with Crippen molar-refractivity contribution in [3.05, 3.63) is 65.9 Å². The lowest BCUT2D eigenvalue weighted by Gasteiger charge is -2.33. The van der Waals surface area contributed by atoms with Crippen LogP contribution < -0.4 is 14.8 Å². The average Bonchev–Trinajstić information content (AvgIpc) is 3.43. The first-order chi connectivity index (χ1) is 19.2. The topological polar surface area (TPSA) is 96.5 Å². The zero-order valence-corrected chi connectivity index (χ0v) is 24.7. The van der Waals surface area contributed by atoms with Crippen molar-refractivity contribution in [2.75, 3.05) is 27.3 Å². The molecule has 0 unspecified atom stereocenters. The summed E-state index contributed by atoms with van der Waals surface area (Å²) in [7, 11) is 3.18. The molecule has 8 nitrogen and oxygen atoms in total. The number of aryl methyl sites for hydroxylation is 1. The molecule has 216 valence electrons. The minimum atomic E-state index is -0.239. The van der Waals surface area contributed by atoms with Crippen LogP contribution in [0.1, 0.15) is 63.0 Å². The van der Waals surface area contributed by atoms with E-state index in [9.17, 15) is 9.59 Å². The van der Waals surface area contributed by atoms with E-state index in [0.29, 0.717) is 47.5 Å². The van der Waals surface area contributed by atoms with Gasteiger partial charge in [0.2, 0.25) is 5.91 Å². The van der Waals surface area contributed by atoms with Crippen molar-refractivity contribution in [2.24, 2.45) is 11.8 Å². The number of methoxy groups -OCH3 is 2. The molecular formula is C32H44N4O4. The monoisotopic (exact) mass is 548 g/mol. The van der Waals surface area contributed by atoms with Crippen LogP contribution in [0.5, 0.6) is 11.5 Å². The summed E-state index contributed by atoms with van der Waals surface area (Å²) >= 11 is 0. The molecule has 0 aliphatic rings. The third-order valence-corrected chi connectivity index (χ3v) is 6.73. The van der Waals surface area contributed by atoms with E-state index in [-0.39, 0.29) is 30.2 Å². The molecule has 0 saturated heterocycles. The summed E-state index contributed by atoms with van der Waals surface area (Å²) in [5.41, 5.74) is 2.85. The van der Waals surface area contributed by atoms with Crippen LogP contribution >= 0.6 is 0 Å². The van der Waals surface area contributed by atoms with Crippen LogP contribution in [0.3, 0.4) is 0 Å². The first-order valence-electron chi connectivity index (χ1n) is 14.1. The Morgan fingerprint density at radius 2 is 1.62 bits per heavy atom. The Bertz CT molecular complexity index is 1200. The molecule has 3 aromatic rings. The number of benzene rings is 2. The van der Waals surface area contributed by atoms with E-state index in [1.807, 2.05) is 41.3 Å². The van der Waals surface area contributed by atoms with Crippen LogP contribution in [0.25, 0.3) is 11.3 Å². The smallest absolute Gasteiger partial charge is 0.272 e. The quantitative estimate of drug-likeness (QED) is 0.236. The highest BCUT2D eigenvalue weighted by Gasteiger charge is 2.30. The summed E-state index contributed by atoms with van der Waals surface area (Å²) in [5.74, 6) is 1.53. The highest BCUT2D eigenvalue weighted by Crippen LogP contribution is 2.37. The summed E-state index contributed by atoms with van der Waals surface area (Å²) in [6, 6.07) is 17.2. The molecule has 0 bridgehead atoms. The summed E-state index contributed by atoms with van der Waals surface area (Å²) in [6.45, 7) is 9.52. The highest BCUT2D eigenvalue weighted by molar-refractivity contribution is 5.94. The number of carbonyl (C=O) groups excluding carboxylic acids is 2. The molecular weight excluding hydrogens is 504 g/mol. The van der Waals surface area contributed by atoms with Gasteiger partial charge in [-0.15, -0.1) is 0 Å². The molecule has 3 rings (SSSR count). The second kappa shape index (κ2) is 15.1. The van der Waals surface area contributed by atoms with Crippen LogP contribution in [0, 0.1) is 11.8 Å². The Hall–Kier alpha value is -3.81. The van der Waals surface area contributed by atoms with E-state index in [1.54, 1.807) is 20.3 Å². The zero-order valence-electron chi connectivity index (χ0n) is 24.7. The van der Waals surface area contributed by atoms with Crippen molar-refractivity contribution >= 4 is 11.8 Å². The second-order valence-corrected chi connectivity index (χ2v) is 11.0. The lowest BCUT2D eigenvalue weighted by atomic mass is 9.97. The van der Waals surface area contributed by atoms with Gasteiger partial charge in [-0.3, -0.25) is 14.7 Å². The van der Waals surface area contributed by atoms with Gasteiger partial charge in [-0.2, -0.15) is 5.10 Å². The van der Waals surface area contributed by atoms with E-state index in [2.05, 4.69) is 55.3 Å². The third-order valence-electron chi connectivity index (χ3n) is 6.73. The largest absolute Gasteiger partial charge is 0.496 e. The molecule has 2 N–H and O–H groups in total. The Labute approximate surface area is 238 Å². The van der Waals surface area contributed by atoms with Gasteiger partial charge in [0.15, 0.2) is 0 Å². The Morgan fingerprint density at radius 1 is 0.950 bits per heavy atom. The fraction of sp³-hybridized carbons (Fsp3) is 0.469. The van der Waals surface area contributed by atoms with Gasteiger partial charge in [-0.05, 0) is 54.9 Å². The molecule has 0 saturated carbocycles. The SMILES string of the molecule is COc1cccc(OC)c1-c1cc(C(=O)N(CC(C)C)[C@H](CC(=O)NCCCc2ccccc2)CC(C)C)[nH]n1. The lowest BCUT2D eigenvalue weighted by Crippen LogP contribution is -2.46. The van der Waals surface area contributed by atoms with E-state index in [0.717, 1.165) is 19.3 Å². The van der Waals surface area contributed by atoms with Gasteiger partial charge in [0.1, 0.15) is 22.9 Å². The Morgan fingerprint density at radius 3 is 2.23 bits per heavy atom. The molecule has 0 aliphatic carbocycles. The zero-order chi connectivity index (χ0) is 29.1. The van der Waals surface area contributed by atoms with Gasteiger partial charge in [0.25, 0.3) is 5.91 Å². The Kier molecular flexibility index (Phi) is 11.6. The number of aromatic amines is 1. The van der Waals surface area contributed by atoms with Gasteiger partial charge >= 0.3 is 0 Å². The summed E-state index contributed by atoms with van der Waals surface area (Å²) < 4.78 is 11.1. The van der Waals surface area contributed by atoms with Crippen molar-refractivity contribution in [2.45, 2.75) is 59.4 Å². The van der Waals surface area contributed by atoms with Crippen LogP contribution in [0.15, 0.2) is 54.6 Å². The maximum Gasteiger partial charge on any atom is 0.272 e. The van der Waals surface area contributed by atoms with Gasteiger partial charge in [-0.1, -0.05) is 64.1 Å². The van der Waals surface area contributed by atoms with Gasteiger partial charge in [0, 0.05) is 25.6 Å². The molecule has 1 atom stereocenters. The number of amides is 2. The van der Waals surface area contributed by atoms with Crippen molar-refractivity contribution in [3.8, 4) is 22.8 Å². The molecule has 2 aromatic carbocycles. The minimum Gasteiger partial charge on any atom is -0.496 e. The third kappa shape index (κ3) is 8.60. The molecule has 1 heterocycles. The van der Waals surface area contributed by atoms with Gasteiger partial charge in [-0.25, -0.2) is 0 Å². The molecule has 40 heavy (non-hydrogen) atoms. The highest BCUT2D eigenvalue weighted by atomic mass is 16.5. The number of ether oxygens (including phenoxy) is 2. The van der Waals surface area contributed by atoms with Crippen LogP contribution in [0.2, 0.25) is 0 Å². The van der Waals surface area contributed by atoms with E-state index in [1.165, 1.54) is 5.56 Å². The number of H-pyrrole nitrogens is 1. The number of aromatic nitrogens is 2. The minimum absolute atomic E-state index is 0.0377. The number of nitrogens with zero attached hydrogens (tertiary/aromatic N) is 2. The molecule has 8 heteroatoms. The average molecular weight is 549 g/mol. The van der Waals surface area contributed by atoms with Gasteiger partial charge < -0.3 is 19.7 Å². The predicted molar refractivity (Wildman–Crippen MR) is 159 cm³/mol. The van der Waals surface area contributed by atoms with E-state index >= 15 is 0 Å². The molecule has 0 spiro atoms. The second-order valence-electron chi connectivity index (χ2n) is 11.0. The van der Waals surface area contributed by atoms with Crippen molar-refractivity contribution in [1.29, 1.82) is 0 Å². The van der Waals surface area contributed by atoms with E-state index < -0.39 is 0 Å². The first kappa shape index (κ1) is 30.7.